The van der Waals surface area contributed by atoms with Crippen LogP contribution < -0.4 is 16.1 Å². The number of carbonyl (C=O) groups is 2. The summed E-state index contributed by atoms with van der Waals surface area (Å²) in [6.07, 6.45) is -4.89. The second kappa shape index (κ2) is 11.5. The zero-order valence-corrected chi connectivity index (χ0v) is 25.5. The fourth-order valence-electron chi connectivity index (χ4n) is 6.35. The van der Waals surface area contributed by atoms with Crippen molar-refractivity contribution in [1.82, 2.24) is 15.8 Å². The molecule has 0 aromatic heterocycles. The Morgan fingerprint density at radius 2 is 1.84 bits per heavy atom. The van der Waals surface area contributed by atoms with E-state index in [1.54, 1.807) is 20.8 Å². The van der Waals surface area contributed by atoms with Crippen molar-refractivity contribution in [2.45, 2.75) is 108 Å². The predicted octanol–water partition coefficient (Wildman–Crippen LogP) is 3.72. The molecular formula is C30H42F3N5O5. The highest BCUT2D eigenvalue weighted by molar-refractivity contribution is 5.82. The molecule has 0 spiro atoms. The van der Waals surface area contributed by atoms with E-state index in [2.05, 4.69) is 22.1 Å². The summed E-state index contributed by atoms with van der Waals surface area (Å²) in [6, 6.07) is 7.28. The molecule has 1 aromatic rings. The zero-order chi connectivity index (χ0) is 32.0. The minimum absolute atomic E-state index is 0.0621. The van der Waals surface area contributed by atoms with Gasteiger partial charge in [-0.05, 0) is 57.7 Å². The third-order valence-electron chi connectivity index (χ3n) is 8.56. The average Bonchev–Trinajstić information content (AvgIpc) is 3.27. The summed E-state index contributed by atoms with van der Waals surface area (Å²) in [5.74, 6) is -1.25. The number of nitrogens with zero attached hydrogens (tertiary/aromatic N) is 2. The molecule has 3 saturated heterocycles. The van der Waals surface area contributed by atoms with Crippen LogP contribution in [-0.2, 0) is 24.7 Å². The van der Waals surface area contributed by atoms with E-state index in [4.69, 9.17) is 9.47 Å². The number of rotatable bonds is 6. The summed E-state index contributed by atoms with van der Waals surface area (Å²) in [5, 5.41) is 28.6. The lowest BCUT2D eigenvalue weighted by Crippen LogP contribution is -2.63. The fraction of sp³-hybridized carbons (Fsp3) is 0.700. The second-order valence-electron chi connectivity index (χ2n) is 13.8. The summed E-state index contributed by atoms with van der Waals surface area (Å²) in [7, 11) is 0. The van der Waals surface area contributed by atoms with Gasteiger partial charge in [-0.15, -0.1) is 0 Å². The number of alkyl halides is 3. The maximum atomic E-state index is 14.0. The molecule has 13 heteroatoms. The van der Waals surface area contributed by atoms with Crippen LogP contribution in [0.2, 0.25) is 0 Å². The Kier molecular flexibility index (Phi) is 8.85. The molecule has 3 aliphatic rings. The maximum Gasteiger partial charge on any atom is 0.421 e. The van der Waals surface area contributed by atoms with E-state index in [1.165, 1.54) is 45.0 Å². The van der Waals surface area contributed by atoms with Gasteiger partial charge in [-0.1, -0.05) is 32.9 Å². The number of hydrogen-bond acceptors (Lipinski definition) is 9. The minimum Gasteiger partial charge on any atom is -0.458 e. The first kappa shape index (κ1) is 33.0. The van der Waals surface area contributed by atoms with E-state index in [0.29, 0.717) is 31.5 Å². The molecule has 43 heavy (non-hydrogen) atoms. The van der Waals surface area contributed by atoms with Gasteiger partial charge in [0.2, 0.25) is 5.91 Å². The van der Waals surface area contributed by atoms with Gasteiger partial charge in [0, 0.05) is 23.7 Å². The van der Waals surface area contributed by atoms with E-state index in [9.17, 15) is 33.1 Å². The molecule has 0 saturated carbocycles. The first-order valence-corrected chi connectivity index (χ1v) is 14.5. The third-order valence-corrected chi connectivity index (χ3v) is 8.56. The van der Waals surface area contributed by atoms with Crippen molar-refractivity contribution >= 4 is 17.6 Å². The number of hydrogen-bond donors (Lipinski definition) is 4. The van der Waals surface area contributed by atoms with Gasteiger partial charge in [0.15, 0.2) is 11.7 Å². The number of benzene rings is 1. The molecule has 6 atom stereocenters. The number of nitriles is 1. The Hall–Kier alpha value is -2.92. The first-order valence-electron chi connectivity index (χ1n) is 14.5. The van der Waals surface area contributed by atoms with Gasteiger partial charge in [-0.2, -0.15) is 18.4 Å². The van der Waals surface area contributed by atoms with Gasteiger partial charge in [0.05, 0.1) is 30.6 Å². The van der Waals surface area contributed by atoms with Crippen LogP contribution in [0.15, 0.2) is 24.3 Å². The highest BCUT2D eigenvalue weighted by Crippen LogP contribution is 2.50. The molecule has 0 radical (unpaired) electrons. The lowest BCUT2D eigenvalue weighted by molar-refractivity contribution is -0.302. The van der Waals surface area contributed by atoms with Crippen LogP contribution in [0.4, 0.5) is 18.9 Å². The smallest absolute Gasteiger partial charge is 0.421 e. The molecule has 1 amide bonds. The molecular weight excluding hydrogens is 567 g/mol. The quantitative estimate of drug-likeness (QED) is 0.356. The lowest BCUT2D eigenvalue weighted by Gasteiger charge is -2.47. The van der Waals surface area contributed by atoms with Gasteiger partial charge in [-0.3, -0.25) is 4.79 Å². The standard InChI is InChI=1S/C30H42F3N5O5/c1-26(2,3)29(41,30(31,32)33)18-7-9-19(10-8-18)36-23-22-20(12-16-35-24(22)39)38(37-23)28(14-15-34)13-11-21(42-17-28)25(40)43-27(4,5)6/h7-10,20-23,36-37,41H,11-14,16-17H2,1-6H3,(H,35,39)/t20?,21-,22?,23?,28-,29?/m0/s1. The van der Waals surface area contributed by atoms with Crippen LogP contribution >= 0.6 is 0 Å². The van der Waals surface area contributed by atoms with Crippen molar-refractivity contribution in [2.75, 3.05) is 18.5 Å². The van der Waals surface area contributed by atoms with Gasteiger partial charge >= 0.3 is 12.1 Å². The summed E-state index contributed by atoms with van der Waals surface area (Å²) in [6.45, 7) is 9.81. The van der Waals surface area contributed by atoms with Crippen molar-refractivity contribution in [2.24, 2.45) is 11.3 Å². The van der Waals surface area contributed by atoms with Crippen molar-refractivity contribution in [3.63, 3.8) is 0 Å². The highest BCUT2D eigenvalue weighted by atomic mass is 19.4. The number of amides is 1. The SMILES string of the molecule is CC(C)(C)OC(=O)[C@@H]1CC[C@@](CC#N)(N2NC(Nc3ccc(C(O)(C(C)(C)C)C(F)(F)F)cc3)C3C(=O)NCCC32)CO1. The summed E-state index contributed by atoms with van der Waals surface area (Å²) in [5.41, 5.74) is -2.58. The number of carbonyl (C=O) groups excluding carboxylic acids is 2. The lowest BCUT2D eigenvalue weighted by atomic mass is 9.71. The molecule has 3 fully saturated rings. The Bertz CT molecular complexity index is 1210. The molecule has 0 bridgehead atoms. The van der Waals surface area contributed by atoms with Crippen LogP contribution in [0.25, 0.3) is 0 Å². The number of anilines is 1. The number of aliphatic hydroxyl groups is 1. The number of halogens is 3. The molecule has 0 aliphatic carbocycles. The molecule has 1 aromatic carbocycles. The predicted molar refractivity (Wildman–Crippen MR) is 151 cm³/mol. The normalized spacial score (nSPS) is 30.0. The Morgan fingerprint density at radius 1 is 1.19 bits per heavy atom. The molecule has 238 valence electrons. The summed E-state index contributed by atoms with van der Waals surface area (Å²) >= 11 is 0. The molecule has 10 nitrogen and oxygen atoms in total. The van der Waals surface area contributed by atoms with Crippen LogP contribution in [0.1, 0.15) is 72.8 Å². The Morgan fingerprint density at radius 3 is 2.35 bits per heavy atom. The number of fused-ring (bicyclic) bond motifs is 1. The average molecular weight is 610 g/mol. The van der Waals surface area contributed by atoms with E-state index >= 15 is 0 Å². The third kappa shape index (κ3) is 6.34. The molecule has 4 rings (SSSR count). The number of ether oxygens (including phenoxy) is 2. The van der Waals surface area contributed by atoms with Gasteiger partial charge in [0.1, 0.15) is 11.8 Å². The van der Waals surface area contributed by atoms with Crippen molar-refractivity contribution in [3.05, 3.63) is 29.8 Å². The van der Waals surface area contributed by atoms with Crippen molar-refractivity contribution in [3.8, 4) is 6.07 Å². The number of esters is 1. The topological polar surface area (TPSA) is 136 Å². The van der Waals surface area contributed by atoms with Crippen LogP contribution in [0, 0.1) is 22.7 Å². The number of hydrazine groups is 1. The van der Waals surface area contributed by atoms with E-state index in [-0.39, 0.29) is 30.5 Å². The van der Waals surface area contributed by atoms with E-state index in [1.807, 2.05) is 5.01 Å². The summed E-state index contributed by atoms with van der Waals surface area (Å²) < 4.78 is 53.5. The maximum absolute atomic E-state index is 14.0. The zero-order valence-electron chi connectivity index (χ0n) is 25.5. The van der Waals surface area contributed by atoms with Crippen molar-refractivity contribution < 1.29 is 37.3 Å². The van der Waals surface area contributed by atoms with E-state index in [0.717, 1.165) is 0 Å². The fourth-order valence-corrected chi connectivity index (χ4v) is 6.35. The Balaban J connectivity index is 1.57. The van der Waals surface area contributed by atoms with Gasteiger partial charge in [-0.25, -0.2) is 15.2 Å². The number of nitrogens with one attached hydrogen (secondary N) is 3. The van der Waals surface area contributed by atoms with Crippen LogP contribution in [0.5, 0.6) is 0 Å². The first-order chi connectivity index (χ1) is 19.8. The molecule has 3 aliphatic heterocycles. The largest absolute Gasteiger partial charge is 0.458 e. The van der Waals surface area contributed by atoms with Gasteiger partial charge in [0.25, 0.3) is 0 Å². The van der Waals surface area contributed by atoms with Crippen LogP contribution in [-0.4, -0.2) is 70.8 Å². The monoisotopic (exact) mass is 609 g/mol. The second-order valence-corrected chi connectivity index (χ2v) is 13.8. The molecule has 3 heterocycles. The molecule has 4 N–H and O–H groups in total. The van der Waals surface area contributed by atoms with Crippen LogP contribution in [0.3, 0.4) is 0 Å². The number of piperidine rings is 1. The van der Waals surface area contributed by atoms with Gasteiger partial charge < -0.3 is 25.2 Å². The minimum atomic E-state index is -4.90. The highest BCUT2D eigenvalue weighted by Gasteiger charge is 2.62. The Labute approximate surface area is 250 Å². The summed E-state index contributed by atoms with van der Waals surface area (Å²) in [4.78, 5) is 25.8. The molecule has 4 unspecified atom stereocenters. The van der Waals surface area contributed by atoms with E-state index < -0.39 is 52.5 Å². The van der Waals surface area contributed by atoms with Crippen molar-refractivity contribution in [1.29, 1.82) is 5.26 Å².